The summed E-state index contributed by atoms with van der Waals surface area (Å²) in [5, 5.41) is 2.71. The minimum absolute atomic E-state index is 0.0894. The van der Waals surface area contributed by atoms with Crippen LogP contribution in [0.5, 0.6) is 0 Å². The monoisotopic (exact) mass is 286 g/mol. The Kier molecular flexibility index (Phi) is 4.71. The normalized spacial score (nSPS) is 10.2. The number of carbonyl (C=O) groups excluding carboxylic acids is 1. The molecule has 0 atom stereocenters. The molecule has 0 aliphatic heterocycles. The van der Waals surface area contributed by atoms with Gasteiger partial charge in [0.15, 0.2) is 0 Å². The molecule has 0 radical (unpaired) electrons. The van der Waals surface area contributed by atoms with Crippen molar-refractivity contribution in [3.8, 4) is 0 Å². The third-order valence-electron chi connectivity index (χ3n) is 3.16. The van der Waals surface area contributed by atoms with Crippen LogP contribution in [0, 0.1) is 0 Å². The molecule has 2 N–H and O–H groups in total. The van der Waals surface area contributed by atoms with Crippen molar-refractivity contribution in [2.45, 2.75) is 13.8 Å². The van der Waals surface area contributed by atoms with Crippen molar-refractivity contribution in [3.05, 3.63) is 52.7 Å². The fraction of sp³-hybridized carbons (Fsp3) is 0.267. The highest BCUT2D eigenvalue weighted by molar-refractivity contribution is 6.02. The predicted molar refractivity (Wildman–Crippen MR) is 82.8 cm³/mol. The van der Waals surface area contributed by atoms with Crippen LogP contribution < -0.4 is 15.8 Å². The van der Waals surface area contributed by atoms with Crippen molar-refractivity contribution in [3.63, 3.8) is 0 Å². The van der Waals surface area contributed by atoms with Gasteiger partial charge in [0, 0.05) is 30.5 Å². The van der Waals surface area contributed by atoms with E-state index in [0.29, 0.717) is 5.69 Å². The van der Waals surface area contributed by atoms with E-state index in [1.165, 1.54) is 12.4 Å². The third-order valence-corrected chi connectivity index (χ3v) is 3.16. The first-order valence-corrected chi connectivity index (χ1v) is 6.85. The lowest BCUT2D eigenvalue weighted by atomic mass is 10.2. The van der Waals surface area contributed by atoms with Crippen LogP contribution in [0.15, 0.2) is 41.5 Å². The van der Waals surface area contributed by atoms with Crippen LogP contribution in [-0.2, 0) is 0 Å². The summed E-state index contributed by atoms with van der Waals surface area (Å²) in [5.41, 5.74) is 1.50. The summed E-state index contributed by atoms with van der Waals surface area (Å²) < 4.78 is 0. The van der Waals surface area contributed by atoms with E-state index >= 15 is 0 Å². The second kappa shape index (κ2) is 6.69. The smallest absolute Gasteiger partial charge is 0.274 e. The molecule has 1 amide bonds. The van der Waals surface area contributed by atoms with Crippen molar-refractivity contribution in [2.75, 3.05) is 23.3 Å². The zero-order chi connectivity index (χ0) is 15.2. The van der Waals surface area contributed by atoms with Crippen LogP contribution in [0.4, 0.5) is 11.4 Å². The highest BCUT2D eigenvalue weighted by Gasteiger charge is 2.08. The molecular weight excluding hydrogens is 268 g/mol. The number of nitrogens with one attached hydrogen (secondary N) is 2. The fourth-order valence-electron chi connectivity index (χ4n) is 2.03. The topological polar surface area (TPSA) is 78.1 Å². The van der Waals surface area contributed by atoms with Crippen LogP contribution in [0.2, 0.25) is 0 Å². The Balaban J connectivity index is 2.10. The first-order chi connectivity index (χ1) is 10.1. The number of aromatic amines is 1. The van der Waals surface area contributed by atoms with Crippen molar-refractivity contribution in [1.29, 1.82) is 0 Å². The highest BCUT2D eigenvalue weighted by atomic mass is 16.2. The van der Waals surface area contributed by atoms with Crippen LogP contribution in [0.3, 0.4) is 0 Å². The molecule has 110 valence electrons. The Labute approximate surface area is 122 Å². The van der Waals surface area contributed by atoms with E-state index in [1.54, 1.807) is 0 Å². The Morgan fingerprint density at radius 1 is 1.24 bits per heavy atom. The number of nitrogens with zero attached hydrogens (tertiary/aromatic N) is 2. The van der Waals surface area contributed by atoms with Gasteiger partial charge in [0.2, 0.25) is 0 Å². The molecule has 0 bridgehead atoms. The van der Waals surface area contributed by atoms with Gasteiger partial charge in [-0.05, 0) is 38.1 Å². The SMILES string of the molecule is CCN(CC)c1ccc(NC(=O)c2cc(=O)[nH]cn2)cc1. The predicted octanol–water partition coefficient (Wildman–Crippen LogP) is 1.87. The van der Waals surface area contributed by atoms with Gasteiger partial charge in [0.25, 0.3) is 11.5 Å². The van der Waals surface area contributed by atoms with Crippen LogP contribution in [0.1, 0.15) is 24.3 Å². The molecule has 2 aromatic rings. The van der Waals surface area contributed by atoms with Gasteiger partial charge < -0.3 is 15.2 Å². The molecule has 1 aromatic heterocycles. The van der Waals surface area contributed by atoms with E-state index in [0.717, 1.165) is 18.8 Å². The summed E-state index contributed by atoms with van der Waals surface area (Å²) in [6, 6.07) is 8.73. The average molecular weight is 286 g/mol. The lowest BCUT2D eigenvalue weighted by Gasteiger charge is -2.21. The number of aromatic nitrogens is 2. The van der Waals surface area contributed by atoms with Crippen molar-refractivity contribution in [2.24, 2.45) is 0 Å². The lowest BCUT2D eigenvalue weighted by molar-refractivity contribution is 0.102. The maximum Gasteiger partial charge on any atom is 0.274 e. The minimum atomic E-state index is -0.406. The van der Waals surface area contributed by atoms with Gasteiger partial charge in [-0.25, -0.2) is 4.98 Å². The zero-order valence-corrected chi connectivity index (χ0v) is 12.1. The van der Waals surface area contributed by atoms with E-state index < -0.39 is 5.91 Å². The van der Waals surface area contributed by atoms with Crippen molar-refractivity contribution in [1.82, 2.24) is 9.97 Å². The number of anilines is 2. The molecule has 2 rings (SSSR count). The number of H-pyrrole nitrogens is 1. The first kappa shape index (κ1) is 14.8. The summed E-state index contributed by atoms with van der Waals surface area (Å²) in [7, 11) is 0. The third kappa shape index (κ3) is 3.68. The molecule has 21 heavy (non-hydrogen) atoms. The number of rotatable bonds is 5. The molecule has 6 nitrogen and oxygen atoms in total. The van der Waals surface area contributed by atoms with E-state index in [-0.39, 0.29) is 11.3 Å². The van der Waals surface area contributed by atoms with Crippen LogP contribution in [0.25, 0.3) is 0 Å². The molecule has 0 aliphatic carbocycles. The second-order valence-electron chi connectivity index (χ2n) is 4.47. The van der Waals surface area contributed by atoms with Crippen molar-refractivity contribution >= 4 is 17.3 Å². The summed E-state index contributed by atoms with van der Waals surface area (Å²) in [5.74, 6) is -0.406. The molecule has 1 heterocycles. The Morgan fingerprint density at radius 3 is 2.48 bits per heavy atom. The van der Waals surface area contributed by atoms with Gasteiger partial charge in [0.1, 0.15) is 5.69 Å². The quantitative estimate of drug-likeness (QED) is 0.879. The van der Waals surface area contributed by atoms with E-state index in [1.807, 2.05) is 24.3 Å². The largest absolute Gasteiger partial charge is 0.372 e. The fourth-order valence-corrected chi connectivity index (χ4v) is 2.03. The molecule has 0 fully saturated rings. The van der Waals surface area contributed by atoms with Gasteiger partial charge in [0.05, 0.1) is 6.33 Å². The molecule has 0 saturated heterocycles. The second-order valence-corrected chi connectivity index (χ2v) is 4.47. The molecule has 6 heteroatoms. The summed E-state index contributed by atoms with van der Waals surface area (Å²) >= 11 is 0. The maximum atomic E-state index is 12.0. The number of amides is 1. The van der Waals surface area contributed by atoms with Gasteiger partial charge in [-0.3, -0.25) is 9.59 Å². The Bertz CT molecular complexity index is 660. The molecule has 1 aromatic carbocycles. The van der Waals surface area contributed by atoms with E-state index in [4.69, 9.17) is 0 Å². The number of hydrogen-bond donors (Lipinski definition) is 2. The minimum Gasteiger partial charge on any atom is -0.372 e. The molecule has 0 saturated carbocycles. The molecular formula is C15H18N4O2. The maximum absolute atomic E-state index is 12.0. The summed E-state index contributed by atoms with van der Waals surface area (Å²) in [6.07, 6.45) is 1.21. The number of benzene rings is 1. The highest BCUT2D eigenvalue weighted by Crippen LogP contribution is 2.17. The van der Waals surface area contributed by atoms with Crippen LogP contribution in [-0.4, -0.2) is 29.0 Å². The van der Waals surface area contributed by atoms with E-state index in [9.17, 15) is 9.59 Å². The Morgan fingerprint density at radius 2 is 1.90 bits per heavy atom. The Hall–Kier alpha value is -2.63. The molecule has 0 aliphatic rings. The van der Waals surface area contributed by atoms with Gasteiger partial charge in [-0.2, -0.15) is 0 Å². The van der Waals surface area contributed by atoms with Crippen molar-refractivity contribution < 1.29 is 4.79 Å². The van der Waals surface area contributed by atoms with E-state index in [2.05, 4.69) is 34.0 Å². The molecule has 0 unspecified atom stereocenters. The molecule has 0 spiro atoms. The zero-order valence-electron chi connectivity index (χ0n) is 12.1. The van der Waals surface area contributed by atoms with Gasteiger partial charge in [-0.15, -0.1) is 0 Å². The van der Waals surface area contributed by atoms with Crippen LogP contribution >= 0.6 is 0 Å². The van der Waals surface area contributed by atoms with Gasteiger partial charge in [-0.1, -0.05) is 0 Å². The summed E-state index contributed by atoms with van der Waals surface area (Å²) in [6.45, 7) is 6.05. The first-order valence-electron chi connectivity index (χ1n) is 6.85. The number of hydrogen-bond acceptors (Lipinski definition) is 4. The number of carbonyl (C=O) groups is 1. The summed E-state index contributed by atoms with van der Waals surface area (Å²) in [4.78, 5) is 31.5. The average Bonchev–Trinajstić information content (AvgIpc) is 2.50. The lowest BCUT2D eigenvalue weighted by Crippen LogP contribution is -2.21. The van der Waals surface area contributed by atoms with Gasteiger partial charge >= 0.3 is 0 Å². The standard InChI is InChI=1S/C15H18N4O2/c1-3-19(4-2)12-7-5-11(6-8-12)18-15(21)13-9-14(20)17-10-16-13/h5-10H,3-4H2,1-2H3,(H,18,21)(H,16,17,20).